The summed E-state index contributed by atoms with van der Waals surface area (Å²) in [5.74, 6) is -0.477. The standard InChI is InChI=1S/C16H17ClN2O3.C16H22N2/c17-16-12(9-19-5-1-2-6-19)7-11-8-13(22-10-15(20)21)3-4-14(11)18-16;1-16(2,18-10-9-17)12-13-7-8-14-5-3-4-6-15(14)11-13/h3-4,7-8H,1-2,5-6,9-10H2,(H,20,21);3-8,11,18H,9-10,12,17H2,1-2H3. The molecule has 212 valence electrons. The molecule has 1 saturated heterocycles. The van der Waals surface area contributed by atoms with E-state index < -0.39 is 5.97 Å². The van der Waals surface area contributed by atoms with Gasteiger partial charge in [-0.3, -0.25) is 4.90 Å². The van der Waals surface area contributed by atoms with Crippen molar-refractivity contribution in [2.45, 2.75) is 45.2 Å². The highest BCUT2D eigenvalue weighted by Crippen LogP contribution is 2.26. The molecule has 3 aromatic carbocycles. The lowest BCUT2D eigenvalue weighted by Gasteiger charge is -2.26. The fraction of sp³-hybridized carbons (Fsp3) is 0.375. The van der Waals surface area contributed by atoms with Crippen molar-refractivity contribution < 1.29 is 14.6 Å². The number of carboxylic acid groups (broad SMARTS) is 1. The molecule has 0 unspecified atom stereocenters. The first kappa shape index (κ1) is 29.7. The molecule has 4 aromatic rings. The molecule has 0 spiro atoms. The van der Waals surface area contributed by atoms with Crippen LogP contribution in [0.4, 0.5) is 0 Å². The number of carbonyl (C=O) groups is 1. The van der Waals surface area contributed by atoms with Gasteiger partial charge in [0.2, 0.25) is 0 Å². The SMILES string of the molecule is CC(C)(Cc1ccc2ccccc2c1)NCCN.O=C(O)COc1ccc2nc(Cl)c(CN3CCCC3)cc2c1. The van der Waals surface area contributed by atoms with Gasteiger partial charge < -0.3 is 20.9 Å². The molecule has 8 heteroatoms. The number of pyridine rings is 1. The minimum Gasteiger partial charge on any atom is -0.482 e. The second kappa shape index (κ2) is 13.9. The molecule has 0 saturated carbocycles. The summed E-state index contributed by atoms with van der Waals surface area (Å²) in [6.07, 6.45) is 3.47. The Morgan fingerprint density at radius 3 is 2.52 bits per heavy atom. The first-order valence-electron chi connectivity index (χ1n) is 13.8. The third-order valence-electron chi connectivity index (χ3n) is 6.98. The van der Waals surface area contributed by atoms with Crippen molar-refractivity contribution >= 4 is 39.2 Å². The minimum absolute atomic E-state index is 0.0851. The van der Waals surface area contributed by atoms with Gasteiger partial charge in [-0.05, 0) is 86.8 Å². The third kappa shape index (κ3) is 8.63. The zero-order valence-corrected chi connectivity index (χ0v) is 24.1. The smallest absolute Gasteiger partial charge is 0.341 e. The molecular formula is C32H39ClN4O3. The Hall–Kier alpha value is -3.23. The van der Waals surface area contributed by atoms with Crippen LogP contribution in [0.15, 0.2) is 66.7 Å². The molecule has 2 heterocycles. The van der Waals surface area contributed by atoms with E-state index in [1.165, 1.54) is 29.2 Å². The Bertz CT molecular complexity index is 1440. The van der Waals surface area contributed by atoms with Gasteiger partial charge in [-0.15, -0.1) is 0 Å². The molecule has 1 fully saturated rings. The Morgan fingerprint density at radius 1 is 1.05 bits per heavy atom. The molecule has 0 bridgehead atoms. The number of benzene rings is 3. The topological polar surface area (TPSA) is 101 Å². The van der Waals surface area contributed by atoms with Crippen LogP contribution in [0.5, 0.6) is 5.75 Å². The fourth-order valence-corrected chi connectivity index (χ4v) is 5.24. The monoisotopic (exact) mass is 562 g/mol. The average molecular weight is 563 g/mol. The van der Waals surface area contributed by atoms with Gasteiger partial charge in [0.1, 0.15) is 10.9 Å². The maximum Gasteiger partial charge on any atom is 0.341 e. The van der Waals surface area contributed by atoms with Crippen molar-refractivity contribution in [1.29, 1.82) is 0 Å². The number of likely N-dealkylation sites (tertiary alicyclic amines) is 1. The summed E-state index contributed by atoms with van der Waals surface area (Å²) < 4.78 is 5.21. The van der Waals surface area contributed by atoms with Crippen LogP contribution in [0.2, 0.25) is 5.15 Å². The van der Waals surface area contributed by atoms with Crippen LogP contribution in [-0.4, -0.2) is 59.3 Å². The summed E-state index contributed by atoms with van der Waals surface area (Å²) in [6.45, 7) is 8.61. The Morgan fingerprint density at radius 2 is 1.80 bits per heavy atom. The number of rotatable bonds is 10. The third-order valence-corrected chi connectivity index (χ3v) is 7.30. The Balaban J connectivity index is 0.000000189. The maximum absolute atomic E-state index is 10.6. The minimum atomic E-state index is -0.996. The van der Waals surface area contributed by atoms with E-state index in [1.807, 2.05) is 6.07 Å². The fourth-order valence-electron chi connectivity index (χ4n) is 5.03. The number of hydrogen-bond acceptors (Lipinski definition) is 6. The number of halogens is 1. The van der Waals surface area contributed by atoms with Crippen molar-refractivity contribution in [2.75, 3.05) is 32.8 Å². The van der Waals surface area contributed by atoms with Crippen LogP contribution in [0.1, 0.15) is 37.8 Å². The first-order valence-corrected chi connectivity index (χ1v) is 14.2. The zero-order valence-electron chi connectivity index (χ0n) is 23.3. The molecule has 40 heavy (non-hydrogen) atoms. The maximum atomic E-state index is 10.6. The van der Waals surface area contributed by atoms with Crippen LogP contribution in [0.25, 0.3) is 21.7 Å². The van der Waals surface area contributed by atoms with E-state index in [-0.39, 0.29) is 12.1 Å². The highest BCUT2D eigenvalue weighted by Gasteiger charge is 2.17. The summed E-state index contributed by atoms with van der Waals surface area (Å²) in [4.78, 5) is 17.3. The van der Waals surface area contributed by atoms with Gasteiger partial charge in [0.25, 0.3) is 0 Å². The molecule has 0 amide bonds. The van der Waals surface area contributed by atoms with Gasteiger partial charge in [0.05, 0.1) is 5.52 Å². The lowest BCUT2D eigenvalue weighted by molar-refractivity contribution is -0.139. The molecule has 0 atom stereocenters. The number of ether oxygens (including phenoxy) is 1. The summed E-state index contributed by atoms with van der Waals surface area (Å²) in [7, 11) is 0. The van der Waals surface area contributed by atoms with Crippen molar-refractivity contribution in [3.05, 3.63) is 83.0 Å². The lowest BCUT2D eigenvalue weighted by Crippen LogP contribution is -2.43. The van der Waals surface area contributed by atoms with Crippen LogP contribution < -0.4 is 15.8 Å². The number of carboxylic acids is 1. The molecule has 1 aromatic heterocycles. The molecule has 4 N–H and O–H groups in total. The van der Waals surface area contributed by atoms with Gasteiger partial charge in [-0.2, -0.15) is 0 Å². The highest BCUT2D eigenvalue weighted by atomic mass is 35.5. The second-order valence-corrected chi connectivity index (χ2v) is 11.3. The number of nitrogens with two attached hydrogens (primary N) is 1. The Kier molecular flexibility index (Phi) is 10.3. The highest BCUT2D eigenvalue weighted by molar-refractivity contribution is 6.30. The van der Waals surface area contributed by atoms with Gasteiger partial charge >= 0.3 is 5.97 Å². The zero-order chi connectivity index (χ0) is 28.5. The van der Waals surface area contributed by atoms with Crippen LogP contribution in [0.3, 0.4) is 0 Å². The normalized spacial score (nSPS) is 13.8. The predicted molar refractivity (Wildman–Crippen MR) is 163 cm³/mol. The first-order chi connectivity index (χ1) is 19.2. The van der Waals surface area contributed by atoms with E-state index in [2.05, 4.69) is 71.5 Å². The van der Waals surface area contributed by atoms with E-state index in [0.29, 0.717) is 17.4 Å². The molecular weight excluding hydrogens is 524 g/mol. The number of fused-ring (bicyclic) bond motifs is 2. The summed E-state index contributed by atoms with van der Waals surface area (Å²) >= 11 is 6.28. The van der Waals surface area contributed by atoms with Crippen molar-refractivity contribution in [2.24, 2.45) is 5.73 Å². The Labute approximate surface area is 241 Å². The van der Waals surface area contributed by atoms with E-state index in [4.69, 9.17) is 27.2 Å². The molecule has 5 rings (SSSR count). The number of aliphatic carboxylic acids is 1. The van der Waals surface area contributed by atoms with E-state index in [0.717, 1.165) is 49.1 Å². The van der Waals surface area contributed by atoms with E-state index in [1.54, 1.807) is 18.2 Å². The molecule has 1 aliphatic heterocycles. The van der Waals surface area contributed by atoms with Crippen LogP contribution in [-0.2, 0) is 17.8 Å². The summed E-state index contributed by atoms with van der Waals surface area (Å²) in [5.41, 5.74) is 8.76. The number of hydrogen-bond donors (Lipinski definition) is 3. The van der Waals surface area contributed by atoms with Crippen molar-refractivity contribution in [3.63, 3.8) is 0 Å². The number of nitrogens with one attached hydrogen (secondary N) is 1. The van der Waals surface area contributed by atoms with Crippen molar-refractivity contribution in [1.82, 2.24) is 15.2 Å². The van der Waals surface area contributed by atoms with Gasteiger partial charge in [0.15, 0.2) is 6.61 Å². The summed E-state index contributed by atoms with van der Waals surface area (Å²) in [6, 6.07) is 22.5. The number of aromatic nitrogens is 1. The van der Waals surface area contributed by atoms with Gasteiger partial charge in [-0.1, -0.05) is 54.1 Å². The predicted octanol–water partition coefficient (Wildman–Crippen LogP) is 5.66. The van der Waals surface area contributed by atoms with Crippen molar-refractivity contribution in [3.8, 4) is 5.75 Å². The van der Waals surface area contributed by atoms with Crippen LogP contribution in [0, 0.1) is 0 Å². The molecule has 0 aliphatic carbocycles. The lowest BCUT2D eigenvalue weighted by atomic mass is 9.93. The molecule has 1 aliphatic rings. The second-order valence-electron chi connectivity index (χ2n) is 10.9. The van der Waals surface area contributed by atoms with E-state index >= 15 is 0 Å². The van der Waals surface area contributed by atoms with Gasteiger partial charge in [0, 0.05) is 36.1 Å². The van der Waals surface area contributed by atoms with Crippen LogP contribution >= 0.6 is 11.6 Å². The van der Waals surface area contributed by atoms with E-state index in [9.17, 15) is 4.79 Å². The largest absolute Gasteiger partial charge is 0.482 e. The quantitative estimate of drug-likeness (QED) is 0.214. The molecule has 0 radical (unpaired) electrons. The number of nitrogens with zero attached hydrogens (tertiary/aromatic N) is 2. The molecule has 7 nitrogen and oxygen atoms in total. The average Bonchev–Trinajstić information content (AvgIpc) is 3.44. The summed E-state index contributed by atoms with van der Waals surface area (Å²) in [5, 5.41) is 16.2. The van der Waals surface area contributed by atoms with Gasteiger partial charge in [-0.25, -0.2) is 9.78 Å².